The minimum absolute atomic E-state index is 0.0894. The van der Waals surface area contributed by atoms with Gasteiger partial charge in [0.25, 0.3) is 5.91 Å². The predicted octanol–water partition coefficient (Wildman–Crippen LogP) is 3.00. The highest BCUT2D eigenvalue weighted by molar-refractivity contribution is 9.10. The number of benzene rings is 2. The summed E-state index contributed by atoms with van der Waals surface area (Å²) in [5.74, 6) is -0.306. The monoisotopic (exact) mass is 429 g/mol. The first-order chi connectivity index (χ1) is 12.4. The second kappa shape index (κ2) is 8.10. The van der Waals surface area contributed by atoms with Gasteiger partial charge in [-0.1, -0.05) is 28.1 Å². The van der Waals surface area contributed by atoms with E-state index in [-0.39, 0.29) is 11.8 Å². The smallest absolute Gasteiger partial charge is 0.253 e. The molecule has 6 heteroatoms. The Hall–Kier alpha value is -2.05. The first kappa shape index (κ1) is 18.7. The number of thiocarbonyl (C=S) groups is 1. The molecule has 0 bridgehead atoms. The second-order valence-corrected chi connectivity index (χ2v) is 7.72. The van der Waals surface area contributed by atoms with Crippen LogP contribution in [-0.2, 0) is 4.79 Å². The summed E-state index contributed by atoms with van der Waals surface area (Å²) in [5.41, 5.74) is 3.27. The van der Waals surface area contributed by atoms with Crippen molar-refractivity contribution >= 4 is 50.9 Å². The molecule has 0 fully saturated rings. The lowest BCUT2D eigenvalue weighted by molar-refractivity contribution is -0.120. The van der Waals surface area contributed by atoms with E-state index in [1.54, 1.807) is 0 Å². The molecule has 1 amide bonds. The number of rotatable bonds is 4. The van der Waals surface area contributed by atoms with Crippen molar-refractivity contribution in [2.75, 3.05) is 11.9 Å². The van der Waals surface area contributed by atoms with Gasteiger partial charge in [-0.25, -0.2) is 4.99 Å². The van der Waals surface area contributed by atoms with Gasteiger partial charge in [0.2, 0.25) is 0 Å². The normalized spacial score (nSPS) is 15.5. The summed E-state index contributed by atoms with van der Waals surface area (Å²) in [4.78, 5) is 16.5. The molecular formula is C20H20BrN3OS. The highest BCUT2D eigenvalue weighted by atomic mass is 79.9. The third kappa shape index (κ3) is 4.56. The number of aryl methyl sites for hydroxylation is 2. The Labute approximate surface area is 166 Å². The standard InChI is InChI=1S/C20H20BrN3OS/c1-12-8-15-10-14(19(25)24-18(15)9-13(12)2)6-7-22-20(26)23-17-5-3-4-16(21)11-17/h3-5,8-11,14H,6-7H2,1-2H3,(H2,22,23,26). The average molecular weight is 430 g/mol. The number of hydrogen-bond acceptors (Lipinski definition) is 2. The number of nitrogens with one attached hydrogen (secondary N) is 2. The van der Waals surface area contributed by atoms with Crippen LogP contribution < -0.4 is 21.2 Å². The van der Waals surface area contributed by atoms with E-state index in [1.807, 2.05) is 43.3 Å². The van der Waals surface area contributed by atoms with Crippen LogP contribution in [0.5, 0.6) is 0 Å². The maximum Gasteiger partial charge on any atom is 0.253 e. The van der Waals surface area contributed by atoms with Gasteiger partial charge in [-0.15, -0.1) is 0 Å². The summed E-state index contributed by atoms with van der Waals surface area (Å²) in [7, 11) is 0. The number of nitrogens with zero attached hydrogens (tertiary/aromatic N) is 1. The molecule has 0 aromatic heterocycles. The third-order valence-electron chi connectivity index (χ3n) is 4.39. The van der Waals surface area contributed by atoms with Crippen molar-refractivity contribution in [3.05, 3.63) is 62.6 Å². The lowest BCUT2D eigenvalue weighted by atomic mass is 9.98. The van der Waals surface area contributed by atoms with Crippen molar-refractivity contribution in [1.29, 1.82) is 0 Å². The van der Waals surface area contributed by atoms with E-state index in [1.165, 1.54) is 5.56 Å². The van der Waals surface area contributed by atoms with Gasteiger partial charge in [-0.2, -0.15) is 0 Å². The van der Waals surface area contributed by atoms with Crippen molar-refractivity contribution < 1.29 is 4.79 Å². The molecule has 2 aromatic rings. The summed E-state index contributed by atoms with van der Waals surface area (Å²) >= 11 is 8.74. The summed E-state index contributed by atoms with van der Waals surface area (Å²) in [5, 5.41) is 8.63. The Kier molecular flexibility index (Phi) is 5.84. The lowest BCUT2D eigenvalue weighted by Gasteiger charge is -2.15. The number of anilines is 1. The zero-order valence-corrected chi connectivity index (χ0v) is 17.1. The van der Waals surface area contributed by atoms with Crippen LogP contribution in [-0.4, -0.2) is 17.6 Å². The molecule has 4 nitrogen and oxygen atoms in total. The van der Waals surface area contributed by atoms with E-state index in [9.17, 15) is 4.79 Å². The van der Waals surface area contributed by atoms with E-state index in [4.69, 9.17) is 12.2 Å². The van der Waals surface area contributed by atoms with Gasteiger partial charge in [0, 0.05) is 16.7 Å². The average Bonchev–Trinajstić information content (AvgIpc) is 2.57. The summed E-state index contributed by atoms with van der Waals surface area (Å²) < 4.78 is 0.985. The van der Waals surface area contributed by atoms with Crippen LogP contribution in [0.15, 0.2) is 45.9 Å². The molecule has 1 heterocycles. The van der Waals surface area contributed by atoms with Gasteiger partial charge in [0.05, 0.1) is 11.3 Å². The van der Waals surface area contributed by atoms with Crippen molar-refractivity contribution in [2.24, 2.45) is 10.9 Å². The van der Waals surface area contributed by atoms with E-state index >= 15 is 0 Å². The SMILES string of the molecule is Cc1cc2c(cc1C)=NC(=O)C(CCNC(=S)Nc1cccc(Br)c1)C=2. The van der Waals surface area contributed by atoms with Crippen LogP contribution in [0, 0.1) is 19.8 Å². The van der Waals surface area contributed by atoms with Gasteiger partial charge in [-0.3, -0.25) is 4.79 Å². The van der Waals surface area contributed by atoms with Crippen LogP contribution in [0.4, 0.5) is 5.69 Å². The van der Waals surface area contributed by atoms with Crippen LogP contribution >= 0.6 is 28.1 Å². The molecule has 0 saturated heterocycles. The molecular weight excluding hydrogens is 410 g/mol. The van der Waals surface area contributed by atoms with Crippen LogP contribution in [0.3, 0.4) is 0 Å². The van der Waals surface area contributed by atoms with E-state index in [2.05, 4.69) is 44.5 Å². The van der Waals surface area contributed by atoms with Gasteiger partial charge in [-0.05, 0) is 79.2 Å². The zero-order chi connectivity index (χ0) is 18.7. The zero-order valence-electron chi connectivity index (χ0n) is 14.7. The number of amides is 1. The molecule has 2 N–H and O–H groups in total. The predicted molar refractivity (Wildman–Crippen MR) is 113 cm³/mol. The van der Waals surface area contributed by atoms with Gasteiger partial charge in [0.15, 0.2) is 5.11 Å². The van der Waals surface area contributed by atoms with Crippen LogP contribution in [0.1, 0.15) is 17.5 Å². The van der Waals surface area contributed by atoms with E-state index in [0.29, 0.717) is 18.1 Å². The van der Waals surface area contributed by atoms with Crippen molar-refractivity contribution in [1.82, 2.24) is 5.32 Å². The number of carbonyl (C=O) groups excluding carboxylic acids is 1. The number of halogens is 1. The molecule has 0 radical (unpaired) electrons. The molecule has 1 atom stereocenters. The molecule has 134 valence electrons. The maximum absolute atomic E-state index is 12.3. The fourth-order valence-electron chi connectivity index (χ4n) is 2.83. The Balaban J connectivity index is 1.59. The third-order valence-corrected chi connectivity index (χ3v) is 5.13. The van der Waals surface area contributed by atoms with Crippen molar-refractivity contribution in [2.45, 2.75) is 20.3 Å². The first-order valence-corrected chi connectivity index (χ1v) is 9.64. The van der Waals surface area contributed by atoms with Crippen molar-refractivity contribution in [3.63, 3.8) is 0 Å². The summed E-state index contributed by atoms with van der Waals surface area (Å²) in [6.45, 7) is 4.70. The van der Waals surface area contributed by atoms with Crippen LogP contribution in [0.25, 0.3) is 6.08 Å². The van der Waals surface area contributed by atoms with E-state index in [0.717, 1.165) is 26.3 Å². The maximum atomic E-state index is 12.3. The van der Waals surface area contributed by atoms with Crippen molar-refractivity contribution in [3.8, 4) is 0 Å². The largest absolute Gasteiger partial charge is 0.362 e. The number of fused-ring (bicyclic) bond motifs is 1. The highest BCUT2D eigenvalue weighted by Crippen LogP contribution is 2.15. The summed E-state index contributed by atoms with van der Waals surface area (Å²) in [6, 6.07) is 11.9. The topological polar surface area (TPSA) is 53.5 Å². The molecule has 3 rings (SSSR count). The first-order valence-electron chi connectivity index (χ1n) is 8.44. The fraction of sp³-hybridized carbons (Fsp3) is 0.250. The number of carbonyl (C=O) groups is 1. The molecule has 2 aromatic carbocycles. The minimum Gasteiger partial charge on any atom is -0.362 e. The van der Waals surface area contributed by atoms with Gasteiger partial charge in [0.1, 0.15) is 0 Å². The molecule has 1 aliphatic heterocycles. The quantitative estimate of drug-likeness (QED) is 0.733. The molecule has 1 unspecified atom stereocenters. The lowest BCUT2D eigenvalue weighted by Crippen LogP contribution is -2.36. The van der Waals surface area contributed by atoms with E-state index < -0.39 is 0 Å². The van der Waals surface area contributed by atoms with Gasteiger partial charge >= 0.3 is 0 Å². The fourth-order valence-corrected chi connectivity index (χ4v) is 3.45. The van der Waals surface area contributed by atoms with Crippen LogP contribution in [0.2, 0.25) is 0 Å². The minimum atomic E-state index is -0.217. The van der Waals surface area contributed by atoms with Gasteiger partial charge < -0.3 is 10.6 Å². The highest BCUT2D eigenvalue weighted by Gasteiger charge is 2.18. The molecule has 1 aliphatic rings. The molecule has 26 heavy (non-hydrogen) atoms. The molecule has 0 saturated carbocycles. The number of hydrogen-bond donors (Lipinski definition) is 2. The summed E-state index contributed by atoms with van der Waals surface area (Å²) in [6.07, 6.45) is 2.67. The Morgan fingerprint density at radius 2 is 2.00 bits per heavy atom. The Morgan fingerprint density at radius 3 is 2.77 bits per heavy atom. The molecule has 0 spiro atoms. The Morgan fingerprint density at radius 1 is 1.23 bits per heavy atom. The second-order valence-electron chi connectivity index (χ2n) is 6.40. The molecule has 0 aliphatic carbocycles. The Bertz CT molecular complexity index is 987.